The average molecular weight is 698 g/mol. The Kier molecular flexibility index (Phi) is 6.14. The van der Waals surface area contributed by atoms with E-state index < -0.39 is 0 Å². The number of para-hydroxylation sites is 3. The number of hydrogen-bond acceptors (Lipinski definition) is 0. The quantitative estimate of drug-likeness (QED) is 0.190. The first-order valence-corrected chi connectivity index (χ1v) is 19.3. The number of nitrogens with one attached hydrogen (secondary N) is 1. The molecule has 1 aliphatic carbocycles. The molecular weight excluding hydrogens is 655 g/mol. The summed E-state index contributed by atoms with van der Waals surface area (Å²) >= 11 is 0. The molecule has 1 N–H and O–H groups in total. The molecule has 0 saturated heterocycles. The SMILES string of the molecule is CC1(C)c2cc3[nH]c4ccc(-c5ccc6c(c5)c5ccccc5n6-c5ccc6c(c5)c5ccccc5n6-c5ccccc5)cc4c3cc2C(C)(C)C1(C)C. The minimum absolute atomic E-state index is 0.0595. The lowest BCUT2D eigenvalue weighted by atomic mass is 9.59. The normalized spacial score (nSPS) is 16.0. The van der Waals surface area contributed by atoms with Crippen LogP contribution in [0.2, 0.25) is 0 Å². The van der Waals surface area contributed by atoms with E-state index in [0.717, 1.165) is 0 Å². The van der Waals surface area contributed by atoms with E-state index in [0.29, 0.717) is 0 Å². The van der Waals surface area contributed by atoms with Crippen molar-refractivity contribution in [2.24, 2.45) is 5.41 Å². The lowest BCUT2D eigenvalue weighted by Gasteiger charge is -2.44. The molecule has 3 aromatic heterocycles. The molecule has 0 radical (unpaired) electrons. The second kappa shape index (κ2) is 10.5. The molecule has 0 amide bonds. The molecule has 7 aromatic carbocycles. The van der Waals surface area contributed by atoms with Crippen LogP contribution in [0.3, 0.4) is 0 Å². The second-order valence-electron chi connectivity index (χ2n) is 17.2. The first-order valence-electron chi connectivity index (χ1n) is 19.3. The molecule has 10 aromatic rings. The van der Waals surface area contributed by atoms with Gasteiger partial charge in [-0.2, -0.15) is 0 Å². The average Bonchev–Trinajstić information content (AvgIpc) is 3.86. The van der Waals surface area contributed by atoms with Crippen LogP contribution in [0.15, 0.2) is 146 Å². The maximum atomic E-state index is 3.78. The van der Waals surface area contributed by atoms with Crippen LogP contribution in [0, 0.1) is 5.41 Å². The molecule has 3 nitrogen and oxygen atoms in total. The fourth-order valence-corrected chi connectivity index (χ4v) is 10.0. The van der Waals surface area contributed by atoms with Gasteiger partial charge in [-0.25, -0.2) is 0 Å². The molecule has 0 aliphatic heterocycles. The van der Waals surface area contributed by atoms with Gasteiger partial charge in [0.2, 0.25) is 0 Å². The van der Waals surface area contributed by atoms with Gasteiger partial charge in [-0.3, -0.25) is 0 Å². The molecule has 262 valence electrons. The monoisotopic (exact) mass is 697 g/mol. The van der Waals surface area contributed by atoms with E-state index in [2.05, 4.69) is 201 Å². The van der Waals surface area contributed by atoms with E-state index in [4.69, 9.17) is 0 Å². The fraction of sp³-hybridized carbons (Fsp3) is 0.176. The van der Waals surface area contributed by atoms with Gasteiger partial charge in [-0.05, 0) is 117 Å². The third-order valence-corrected chi connectivity index (χ3v) is 14.1. The van der Waals surface area contributed by atoms with Gasteiger partial charge >= 0.3 is 0 Å². The number of nitrogens with zero attached hydrogens (tertiary/aromatic N) is 2. The molecule has 11 rings (SSSR count). The Morgan fingerprint density at radius 1 is 0.370 bits per heavy atom. The molecule has 0 bridgehead atoms. The van der Waals surface area contributed by atoms with E-state index in [-0.39, 0.29) is 16.2 Å². The minimum Gasteiger partial charge on any atom is -0.355 e. The molecule has 54 heavy (non-hydrogen) atoms. The van der Waals surface area contributed by atoms with Gasteiger partial charge in [-0.1, -0.05) is 108 Å². The van der Waals surface area contributed by atoms with Gasteiger partial charge in [0.25, 0.3) is 0 Å². The fourth-order valence-electron chi connectivity index (χ4n) is 10.0. The van der Waals surface area contributed by atoms with Gasteiger partial charge in [0.15, 0.2) is 0 Å². The minimum atomic E-state index is 0.0595. The van der Waals surface area contributed by atoms with E-state index in [9.17, 15) is 0 Å². The topological polar surface area (TPSA) is 25.6 Å². The summed E-state index contributed by atoms with van der Waals surface area (Å²) in [7, 11) is 0. The van der Waals surface area contributed by atoms with Crippen molar-refractivity contribution in [1.82, 2.24) is 14.1 Å². The van der Waals surface area contributed by atoms with Crippen molar-refractivity contribution >= 4 is 65.4 Å². The molecular formula is C51H43N3. The number of hydrogen-bond donors (Lipinski definition) is 1. The lowest BCUT2D eigenvalue weighted by Crippen LogP contribution is -2.42. The molecule has 3 heterocycles. The summed E-state index contributed by atoms with van der Waals surface area (Å²) in [6.07, 6.45) is 0. The van der Waals surface area contributed by atoms with Crippen LogP contribution < -0.4 is 0 Å². The number of rotatable bonds is 3. The summed E-state index contributed by atoms with van der Waals surface area (Å²) in [4.78, 5) is 3.78. The Balaban J connectivity index is 1.08. The zero-order valence-electron chi connectivity index (χ0n) is 31.8. The van der Waals surface area contributed by atoms with Gasteiger partial charge in [0.05, 0.1) is 22.1 Å². The van der Waals surface area contributed by atoms with Crippen molar-refractivity contribution in [3.63, 3.8) is 0 Å². The molecule has 0 saturated carbocycles. The molecule has 3 heteroatoms. The van der Waals surface area contributed by atoms with Gasteiger partial charge in [0.1, 0.15) is 0 Å². The predicted molar refractivity (Wildman–Crippen MR) is 230 cm³/mol. The number of benzene rings is 7. The summed E-state index contributed by atoms with van der Waals surface area (Å²) < 4.78 is 4.82. The lowest BCUT2D eigenvalue weighted by molar-refractivity contribution is 0.125. The van der Waals surface area contributed by atoms with Gasteiger partial charge < -0.3 is 14.1 Å². The molecule has 0 atom stereocenters. The van der Waals surface area contributed by atoms with Crippen LogP contribution in [-0.4, -0.2) is 14.1 Å². The highest BCUT2D eigenvalue weighted by molar-refractivity contribution is 6.14. The summed E-state index contributed by atoms with van der Waals surface area (Å²) in [5.74, 6) is 0. The smallest absolute Gasteiger partial charge is 0.0542 e. The maximum absolute atomic E-state index is 3.78. The molecule has 1 aliphatic rings. The van der Waals surface area contributed by atoms with Crippen molar-refractivity contribution in [2.45, 2.75) is 52.4 Å². The van der Waals surface area contributed by atoms with Crippen molar-refractivity contribution < 1.29 is 0 Å². The predicted octanol–water partition coefficient (Wildman–Crippen LogP) is 13.8. The standard InChI is InChI=1S/C51H43N3/c1-49(2)41-29-38-37-26-31(20-23-43(37)52-44(38)30-42(41)50(3,4)51(49,5)6)32-21-24-47-39(27-32)35-16-10-13-19-46(35)54(47)34-22-25-48-40(28-34)36-17-11-12-18-45(36)53(48)33-14-8-7-9-15-33/h7-30,52H,1-6H3. The molecule has 0 unspecified atom stereocenters. The van der Waals surface area contributed by atoms with E-state index in [1.54, 1.807) is 0 Å². The maximum Gasteiger partial charge on any atom is 0.0542 e. The van der Waals surface area contributed by atoms with Gasteiger partial charge in [0, 0.05) is 54.7 Å². The van der Waals surface area contributed by atoms with Crippen molar-refractivity contribution in [3.8, 4) is 22.5 Å². The molecule has 0 fully saturated rings. The highest BCUT2D eigenvalue weighted by Gasteiger charge is 2.56. The van der Waals surface area contributed by atoms with Crippen LogP contribution in [0.25, 0.3) is 87.9 Å². The van der Waals surface area contributed by atoms with Crippen LogP contribution in [0.1, 0.15) is 52.7 Å². The van der Waals surface area contributed by atoms with Crippen LogP contribution in [0.5, 0.6) is 0 Å². The number of aromatic nitrogens is 3. The van der Waals surface area contributed by atoms with Crippen molar-refractivity contribution in [2.75, 3.05) is 0 Å². The van der Waals surface area contributed by atoms with Gasteiger partial charge in [-0.15, -0.1) is 0 Å². The third kappa shape index (κ3) is 3.97. The Bertz CT molecular complexity index is 3180. The highest BCUT2D eigenvalue weighted by Crippen LogP contribution is 2.62. The Labute approximate surface area is 315 Å². The van der Waals surface area contributed by atoms with Crippen LogP contribution in [0.4, 0.5) is 0 Å². The third-order valence-electron chi connectivity index (χ3n) is 14.1. The second-order valence-corrected chi connectivity index (χ2v) is 17.2. The van der Waals surface area contributed by atoms with E-state index >= 15 is 0 Å². The Hall–Kier alpha value is -6.06. The number of fused-ring (bicyclic) bond motifs is 10. The highest BCUT2D eigenvalue weighted by atomic mass is 15.0. The largest absolute Gasteiger partial charge is 0.355 e. The first kappa shape index (κ1) is 31.5. The Morgan fingerprint density at radius 2 is 0.870 bits per heavy atom. The number of H-pyrrole nitrogens is 1. The van der Waals surface area contributed by atoms with Crippen molar-refractivity contribution in [3.05, 3.63) is 157 Å². The van der Waals surface area contributed by atoms with Crippen LogP contribution in [-0.2, 0) is 10.8 Å². The number of aromatic amines is 1. The summed E-state index contributed by atoms with van der Waals surface area (Å²) in [6.45, 7) is 14.6. The zero-order valence-corrected chi connectivity index (χ0v) is 31.8. The van der Waals surface area contributed by atoms with Crippen molar-refractivity contribution in [1.29, 1.82) is 0 Å². The summed E-state index contributed by atoms with van der Waals surface area (Å²) in [5.41, 5.74) is 15.3. The summed E-state index contributed by atoms with van der Waals surface area (Å²) in [6, 6.07) is 54.1. The zero-order chi connectivity index (χ0) is 36.7. The van der Waals surface area contributed by atoms with E-state index in [1.165, 1.54) is 99.0 Å². The Morgan fingerprint density at radius 3 is 1.56 bits per heavy atom. The van der Waals surface area contributed by atoms with Crippen LogP contribution >= 0.6 is 0 Å². The summed E-state index contributed by atoms with van der Waals surface area (Å²) in [5, 5.41) is 7.64. The van der Waals surface area contributed by atoms with E-state index in [1.807, 2.05) is 0 Å². The first-order chi connectivity index (χ1) is 26.0. The molecule has 0 spiro atoms.